The quantitative estimate of drug-likeness (QED) is 0.487. The third-order valence-electron chi connectivity index (χ3n) is 4.42. The maximum absolute atomic E-state index is 12.5. The van der Waals surface area contributed by atoms with Gasteiger partial charge in [-0.3, -0.25) is 4.79 Å². The number of rotatable bonds is 5. The Labute approximate surface area is 163 Å². The number of halogens is 2. The van der Waals surface area contributed by atoms with Crippen molar-refractivity contribution in [2.75, 3.05) is 0 Å². The number of carbonyl (C=O) groups excluding carboxylic acids is 1. The Morgan fingerprint density at radius 2 is 2.20 bits per heavy atom. The van der Waals surface area contributed by atoms with Gasteiger partial charge in [-0.15, -0.1) is 6.42 Å². The number of carbonyl (C=O) groups is 1. The van der Waals surface area contributed by atoms with Crippen molar-refractivity contribution in [3.8, 4) is 24.5 Å². The van der Waals surface area contributed by atoms with Crippen LogP contribution in [0.1, 0.15) is 31.2 Å². The summed E-state index contributed by atoms with van der Waals surface area (Å²) in [5.74, 6) is 1.71. The fraction of sp³-hybridized carbons (Fsp3) is 0.389. The van der Waals surface area contributed by atoms with E-state index in [1.165, 1.54) is 6.07 Å². The van der Waals surface area contributed by atoms with Gasteiger partial charge in [0.1, 0.15) is 17.8 Å². The van der Waals surface area contributed by atoms with Crippen LogP contribution in [0, 0.1) is 52.3 Å². The Balaban J connectivity index is 2.18. The van der Waals surface area contributed by atoms with Crippen molar-refractivity contribution in [1.29, 1.82) is 10.5 Å². The van der Waals surface area contributed by atoms with Gasteiger partial charge in [-0.1, -0.05) is 25.8 Å². The predicted molar refractivity (Wildman–Crippen MR) is 99.1 cm³/mol. The highest BCUT2D eigenvalue weighted by Gasteiger charge is 2.61. The minimum Gasteiger partial charge on any atom is -0.442 e. The molecule has 3 atom stereocenters. The number of nitrogens with zero attached hydrogens (tertiary/aromatic N) is 3. The first-order valence-electron chi connectivity index (χ1n) is 7.42. The van der Waals surface area contributed by atoms with Crippen LogP contribution in [0.2, 0.25) is 0 Å². The summed E-state index contributed by atoms with van der Waals surface area (Å²) in [6.45, 7) is 4.15. The number of aromatic nitrogens is 1. The van der Waals surface area contributed by atoms with E-state index in [2.05, 4.69) is 37.8 Å². The average molecular weight is 465 g/mol. The molecule has 2 rings (SSSR count). The van der Waals surface area contributed by atoms with Gasteiger partial charge in [0.2, 0.25) is 6.10 Å². The van der Waals surface area contributed by atoms with E-state index < -0.39 is 12.1 Å². The Hall–Kier alpha value is -2.01. The fourth-order valence-corrected chi connectivity index (χ4v) is 3.50. The normalized spacial score (nSPS) is 21.2. The van der Waals surface area contributed by atoms with E-state index in [0.717, 1.165) is 3.39 Å². The molecule has 7 heteroatoms. The van der Waals surface area contributed by atoms with Crippen molar-refractivity contribution in [2.24, 2.45) is 17.3 Å². The van der Waals surface area contributed by atoms with Crippen molar-refractivity contribution in [1.82, 2.24) is 4.57 Å². The minimum absolute atomic E-state index is 0.0220. The molecule has 0 unspecified atom stereocenters. The summed E-state index contributed by atoms with van der Waals surface area (Å²) in [6.07, 6.45) is 7.68. The summed E-state index contributed by atoms with van der Waals surface area (Å²) in [4.78, 5) is 12.5. The number of ether oxygens (including phenoxy) is 1. The standard InChI is InChI=1S/C18H15Br2N3O2/c1-4-5-23-10-11(6-12(23)8-21)14(9-22)25-17(24)16-13(7-15(19)20)18(16,2)3/h1,6-7,10,13-14,16H,5H2,2-3H3/t13-,14-,16-/m0/s1. The highest BCUT2D eigenvalue weighted by molar-refractivity contribution is 9.28. The van der Waals surface area contributed by atoms with Crippen molar-refractivity contribution in [2.45, 2.75) is 26.5 Å². The molecule has 25 heavy (non-hydrogen) atoms. The smallest absolute Gasteiger partial charge is 0.311 e. The molecule has 0 spiro atoms. The number of terminal acetylenes is 1. The van der Waals surface area contributed by atoms with Gasteiger partial charge in [0, 0.05) is 11.8 Å². The van der Waals surface area contributed by atoms with Gasteiger partial charge in [-0.05, 0) is 49.3 Å². The second kappa shape index (κ2) is 7.48. The summed E-state index contributed by atoms with van der Waals surface area (Å²) in [5.41, 5.74) is 0.520. The Morgan fingerprint density at radius 3 is 2.72 bits per heavy atom. The molecule has 0 aliphatic heterocycles. The first-order chi connectivity index (χ1) is 11.8. The highest BCUT2D eigenvalue weighted by atomic mass is 79.9. The molecule has 0 aromatic carbocycles. The maximum atomic E-state index is 12.5. The molecule has 0 radical (unpaired) electrons. The second-order valence-electron chi connectivity index (χ2n) is 6.33. The summed E-state index contributed by atoms with van der Waals surface area (Å²) in [5, 5.41) is 18.5. The van der Waals surface area contributed by atoms with Crippen LogP contribution in [-0.2, 0) is 16.1 Å². The lowest BCUT2D eigenvalue weighted by atomic mass is 10.1. The average Bonchev–Trinajstić information content (AvgIpc) is 2.90. The van der Waals surface area contributed by atoms with Gasteiger partial charge in [-0.2, -0.15) is 10.5 Å². The van der Waals surface area contributed by atoms with Gasteiger partial charge in [0.25, 0.3) is 0 Å². The molecule has 0 bridgehead atoms. The van der Waals surface area contributed by atoms with E-state index in [4.69, 9.17) is 16.4 Å². The third kappa shape index (κ3) is 3.98. The molecule has 128 valence electrons. The summed E-state index contributed by atoms with van der Waals surface area (Å²) in [6, 6.07) is 5.50. The molecule has 1 aliphatic carbocycles. The van der Waals surface area contributed by atoms with Gasteiger partial charge < -0.3 is 9.30 Å². The largest absolute Gasteiger partial charge is 0.442 e. The van der Waals surface area contributed by atoms with Gasteiger partial charge in [0.05, 0.1) is 15.9 Å². The van der Waals surface area contributed by atoms with E-state index in [-0.39, 0.29) is 23.8 Å². The van der Waals surface area contributed by atoms with E-state index in [1.807, 2.05) is 32.1 Å². The molecule has 1 heterocycles. The maximum Gasteiger partial charge on any atom is 0.311 e. The van der Waals surface area contributed by atoms with E-state index in [0.29, 0.717) is 11.3 Å². The molecule has 1 saturated carbocycles. The molecule has 1 aromatic heterocycles. The lowest BCUT2D eigenvalue weighted by Crippen LogP contribution is -2.14. The summed E-state index contributed by atoms with van der Waals surface area (Å²) < 4.78 is 7.73. The molecule has 1 aliphatic rings. The van der Waals surface area contributed by atoms with E-state index >= 15 is 0 Å². The number of esters is 1. The SMILES string of the molecule is C#CCn1cc([C@H](C#N)OC(=O)[C@@H]2[C@H](C=C(Br)Br)C2(C)C)cc1C#N. The number of allylic oxidation sites excluding steroid dienone is 1. The van der Waals surface area contributed by atoms with E-state index in [9.17, 15) is 10.1 Å². The zero-order valence-electron chi connectivity index (χ0n) is 13.7. The monoisotopic (exact) mass is 463 g/mol. The zero-order valence-corrected chi connectivity index (χ0v) is 16.8. The van der Waals surface area contributed by atoms with Gasteiger partial charge >= 0.3 is 5.97 Å². The molecule has 0 N–H and O–H groups in total. The predicted octanol–water partition coefficient (Wildman–Crippen LogP) is 4.00. The van der Waals surface area contributed by atoms with Crippen LogP contribution in [0.3, 0.4) is 0 Å². The Kier molecular flexibility index (Phi) is 5.78. The summed E-state index contributed by atoms with van der Waals surface area (Å²) in [7, 11) is 0. The van der Waals surface area contributed by atoms with Crippen molar-refractivity contribution >= 4 is 37.8 Å². The fourth-order valence-electron chi connectivity index (χ4n) is 2.93. The van der Waals surface area contributed by atoms with Crippen LogP contribution in [0.4, 0.5) is 0 Å². The highest BCUT2D eigenvalue weighted by Crippen LogP contribution is 2.60. The second-order valence-corrected chi connectivity index (χ2v) is 9.10. The molecule has 5 nitrogen and oxygen atoms in total. The zero-order chi connectivity index (χ0) is 18.8. The van der Waals surface area contributed by atoms with Gasteiger partial charge in [-0.25, -0.2) is 0 Å². The van der Waals surface area contributed by atoms with Crippen LogP contribution in [0.5, 0.6) is 0 Å². The molecular formula is C18H15Br2N3O2. The molecule has 0 saturated heterocycles. The van der Waals surface area contributed by atoms with Gasteiger partial charge in [0.15, 0.2) is 0 Å². The first kappa shape index (κ1) is 19.3. The molecule has 1 fully saturated rings. The number of nitriles is 2. The first-order valence-corrected chi connectivity index (χ1v) is 9.01. The van der Waals surface area contributed by atoms with Crippen LogP contribution in [0.25, 0.3) is 0 Å². The Bertz CT molecular complexity index is 845. The van der Waals surface area contributed by atoms with Crippen molar-refractivity contribution < 1.29 is 9.53 Å². The van der Waals surface area contributed by atoms with Crippen molar-refractivity contribution in [3.63, 3.8) is 0 Å². The van der Waals surface area contributed by atoms with Crippen LogP contribution in [-0.4, -0.2) is 10.5 Å². The topological polar surface area (TPSA) is 78.8 Å². The Morgan fingerprint density at radius 1 is 1.52 bits per heavy atom. The molecule has 0 amide bonds. The van der Waals surface area contributed by atoms with Crippen LogP contribution in [0.15, 0.2) is 21.7 Å². The number of hydrogen-bond acceptors (Lipinski definition) is 4. The molecular weight excluding hydrogens is 450 g/mol. The third-order valence-corrected chi connectivity index (χ3v) is 4.95. The molecule has 1 aromatic rings. The lowest BCUT2D eigenvalue weighted by Gasteiger charge is -2.10. The summed E-state index contributed by atoms with van der Waals surface area (Å²) >= 11 is 6.60. The van der Waals surface area contributed by atoms with Crippen LogP contribution >= 0.6 is 31.9 Å². The number of hydrogen-bond donors (Lipinski definition) is 0. The van der Waals surface area contributed by atoms with Crippen molar-refractivity contribution in [3.05, 3.63) is 33.0 Å². The minimum atomic E-state index is -1.08. The van der Waals surface area contributed by atoms with E-state index in [1.54, 1.807) is 10.8 Å². The van der Waals surface area contributed by atoms with Crippen LogP contribution < -0.4 is 0 Å². The lowest BCUT2D eigenvalue weighted by molar-refractivity contribution is -0.149.